The highest BCUT2D eigenvalue weighted by atomic mass is 79.9. The summed E-state index contributed by atoms with van der Waals surface area (Å²) in [4.78, 5) is -0.377. The number of rotatable bonds is 5. The third-order valence-corrected chi connectivity index (χ3v) is 4.98. The first-order valence-corrected chi connectivity index (χ1v) is 8.04. The average molecular weight is 359 g/mol. The van der Waals surface area contributed by atoms with Gasteiger partial charge in [-0.25, -0.2) is 17.5 Å². The smallest absolute Gasteiger partial charge is 0.210 e. The van der Waals surface area contributed by atoms with Crippen LogP contribution in [0.4, 0.5) is 4.39 Å². The van der Waals surface area contributed by atoms with Crippen molar-refractivity contribution in [1.29, 1.82) is 0 Å². The average Bonchev–Trinajstić information content (AvgIpc) is 2.25. The number of alkyl halides is 1. The van der Waals surface area contributed by atoms with Gasteiger partial charge in [-0.15, -0.1) is 11.6 Å². The van der Waals surface area contributed by atoms with Crippen molar-refractivity contribution >= 4 is 37.6 Å². The number of nitrogens with one attached hydrogen (secondary N) is 1. The summed E-state index contributed by atoms with van der Waals surface area (Å²) >= 11 is 9.01. The zero-order valence-corrected chi connectivity index (χ0v) is 13.1. The van der Waals surface area contributed by atoms with Gasteiger partial charge in [-0.3, -0.25) is 0 Å². The predicted molar refractivity (Wildman–Crippen MR) is 73.8 cm³/mol. The molecule has 0 heterocycles. The van der Waals surface area contributed by atoms with Crippen LogP contribution in [-0.4, -0.2) is 20.3 Å². The summed E-state index contributed by atoms with van der Waals surface area (Å²) in [5, 5.41) is -0.335. The van der Waals surface area contributed by atoms with E-state index in [0.29, 0.717) is 4.47 Å². The predicted octanol–water partition coefficient (Wildman–Crippen LogP) is 3.13. The van der Waals surface area contributed by atoms with Crippen molar-refractivity contribution in [3.8, 4) is 0 Å². The van der Waals surface area contributed by atoms with Gasteiger partial charge >= 0.3 is 0 Å². The molecule has 1 rings (SSSR count). The SMILES string of the molecule is CC(C)C(Cl)CNS(=O)(=O)c1ccc(Br)cc1F. The third kappa shape index (κ3) is 4.19. The monoisotopic (exact) mass is 357 g/mol. The minimum absolute atomic E-state index is 0.0665. The van der Waals surface area contributed by atoms with Gasteiger partial charge in [0.2, 0.25) is 10.0 Å². The van der Waals surface area contributed by atoms with Crippen LogP contribution in [-0.2, 0) is 10.0 Å². The first kappa shape index (κ1) is 15.9. The number of halogens is 3. The zero-order chi connectivity index (χ0) is 13.9. The summed E-state index contributed by atoms with van der Waals surface area (Å²) in [6.45, 7) is 3.83. The standard InChI is InChI=1S/C11H14BrClFNO2S/c1-7(2)9(13)6-15-18(16,17)11-4-3-8(12)5-10(11)14/h3-5,7,9,15H,6H2,1-2H3. The molecule has 7 heteroatoms. The Morgan fingerprint density at radius 2 is 2.06 bits per heavy atom. The third-order valence-electron chi connectivity index (χ3n) is 2.38. The molecule has 0 aliphatic rings. The van der Waals surface area contributed by atoms with E-state index in [2.05, 4.69) is 20.7 Å². The molecule has 3 nitrogen and oxygen atoms in total. The van der Waals surface area contributed by atoms with Crippen LogP contribution in [0.15, 0.2) is 27.6 Å². The molecule has 0 fully saturated rings. The lowest BCUT2D eigenvalue weighted by Crippen LogP contribution is -2.32. The quantitative estimate of drug-likeness (QED) is 0.822. The van der Waals surface area contributed by atoms with Crippen molar-refractivity contribution in [3.05, 3.63) is 28.5 Å². The fraction of sp³-hybridized carbons (Fsp3) is 0.455. The topological polar surface area (TPSA) is 46.2 Å². The lowest BCUT2D eigenvalue weighted by molar-refractivity contribution is 0.542. The molecule has 102 valence electrons. The second-order valence-corrected chi connectivity index (χ2v) is 7.40. The maximum atomic E-state index is 13.5. The van der Waals surface area contributed by atoms with Crippen LogP contribution in [0.25, 0.3) is 0 Å². The lowest BCUT2D eigenvalue weighted by Gasteiger charge is -2.14. The van der Waals surface area contributed by atoms with Crippen molar-refractivity contribution in [3.63, 3.8) is 0 Å². The van der Waals surface area contributed by atoms with Crippen molar-refractivity contribution in [2.24, 2.45) is 5.92 Å². The Hall–Kier alpha value is -0.170. The largest absolute Gasteiger partial charge is 0.243 e. The van der Waals surface area contributed by atoms with Crippen LogP contribution >= 0.6 is 27.5 Å². The van der Waals surface area contributed by atoms with Gasteiger partial charge in [0.15, 0.2) is 0 Å². The fourth-order valence-electron chi connectivity index (χ4n) is 1.20. The van der Waals surface area contributed by atoms with Crippen LogP contribution in [0.1, 0.15) is 13.8 Å². The van der Waals surface area contributed by atoms with Crippen LogP contribution < -0.4 is 4.72 Å². The highest BCUT2D eigenvalue weighted by Crippen LogP contribution is 2.19. The Balaban J connectivity index is 2.87. The minimum Gasteiger partial charge on any atom is -0.210 e. The van der Waals surface area contributed by atoms with Crippen LogP contribution in [0.3, 0.4) is 0 Å². The fourth-order valence-corrected chi connectivity index (χ4v) is 2.82. The molecule has 0 aliphatic heterocycles. The normalized spacial score (nSPS) is 13.9. The molecule has 1 N–H and O–H groups in total. The van der Waals surface area contributed by atoms with E-state index in [-0.39, 0.29) is 22.7 Å². The van der Waals surface area contributed by atoms with E-state index in [1.165, 1.54) is 12.1 Å². The van der Waals surface area contributed by atoms with Crippen molar-refractivity contribution in [2.75, 3.05) is 6.54 Å². The van der Waals surface area contributed by atoms with Gasteiger partial charge in [-0.2, -0.15) is 0 Å². The van der Waals surface area contributed by atoms with E-state index in [1.807, 2.05) is 13.8 Å². The van der Waals surface area contributed by atoms with Crippen LogP contribution in [0.2, 0.25) is 0 Å². The Bertz CT molecular complexity index is 522. The van der Waals surface area contributed by atoms with Crippen molar-refractivity contribution in [1.82, 2.24) is 4.72 Å². The molecule has 18 heavy (non-hydrogen) atoms. The lowest BCUT2D eigenvalue weighted by atomic mass is 10.1. The molecule has 0 amide bonds. The van der Waals surface area contributed by atoms with Gasteiger partial charge in [-0.05, 0) is 24.1 Å². The Kier molecular flexibility index (Phi) is 5.58. The van der Waals surface area contributed by atoms with E-state index in [0.717, 1.165) is 6.07 Å². The van der Waals surface area contributed by atoms with Crippen LogP contribution in [0.5, 0.6) is 0 Å². The number of benzene rings is 1. The molecular formula is C11H14BrClFNO2S. The highest BCUT2D eigenvalue weighted by Gasteiger charge is 2.21. The molecule has 1 unspecified atom stereocenters. The molecule has 0 saturated carbocycles. The molecular weight excluding hydrogens is 345 g/mol. The second kappa shape index (κ2) is 6.32. The Labute approximate surface area is 120 Å². The summed E-state index contributed by atoms with van der Waals surface area (Å²) in [7, 11) is -3.87. The molecule has 0 spiro atoms. The maximum absolute atomic E-state index is 13.5. The second-order valence-electron chi connectivity index (χ2n) is 4.19. The molecule has 0 aromatic heterocycles. The van der Waals surface area contributed by atoms with E-state index in [4.69, 9.17) is 11.6 Å². The van der Waals surface area contributed by atoms with Crippen molar-refractivity contribution < 1.29 is 12.8 Å². The van der Waals surface area contributed by atoms with Crippen LogP contribution in [0, 0.1) is 11.7 Å². The molecule has 0 radical (unpaired) electrons. The molecule has 1 atom stereocenters. The summed E-state index contributed by atoms with van der Waals surface area (Å²) in [5.41, 5.74) is 0. The van der Waals surface area contributed by atoms with E-state index < -0.39 is 15.8 Å². The van der Waals surface area contributed by atoms with Gasteiger partial charge in [-0.1, -0.05) is 29.8 Å². The number of sulfonamides is 1. The first-order valence-electron chi connectivity index (χ1n) is 5.33. The van der Waals surface area contributed by atoms with Gasteiger partial charge in [0.1, 0.15) is 10.7 Å². The van der Waals surface area contributed by atoms with Gasteiger partial charge in [0.05, 0.1) is 0 Å². The van der Waals surface area contributed by atoms with Crippen molar-refractivity contribution in [2.45, 2.75) is 24.1 Å². The zero-order valence-electron chi connectivity index (χ0n) is 9.95. The summed E-state index contributed by atoms with van der Waals surface area (Å²) in [5.74, 6) is -0.670. The molecule has 0 bridgehead atoms. The van der Waals surface area contributed by atoms with Gasteiger partial charge in [0, 0.05) is 16.4 Å². The van der Waals surface area contributed by atoms with E-state index in [9.17, 15) is 12.8 Å². The van der Waals surface area contributed by atoms with Gasteiger partial charge < -0.3 is 0 Å². The highest BCUT2D eigenvalue weighted by molar-refractivity contribution is 9.10. The first-order chi connectivity index (χ1) is 8.24. The summed E-state index contributed by atoms with van der Waals surface area (Å²) < 4.78 is 40.1. The maximum Gasteiger partial charge on any atom is 0.243 e. The molecule has 0 aliphatic carbocycles. The summed E-state index contributed by atoms with van der Waals surface area (Å²) in [6.07, 6.45) is 0. The molecule has 1 aromatic carbocycles. The number of hydrogen-bond donors (Lipinski definition) is 1. The molecule has 1 aromatic rings. The summed E-state index contributed by atoms with van der Waals surface area (Å²) in [6, 6.07) is 3.79. The van der Waals surface area contributed by atoms with E-state index >= 15 is 0 Å². The molecule has 0 saturated heterocycles. The van der Waals surface area contributed by atoms with Gasteiger partial charge in [0.25, 0.3) is 0 Å². The number of hydrogen-bond acceptors (Lipinski definition) is 2. The minimum atomic E-state index is -3.87. The Morgan fingerprint density at radius 3 is 2.56 bits per heavy atom. The van der Waals surface area contributed by atoms with E-state index in [1.54, 1.807) is 0 Å². The Morgan fingerprint density at radius 1 is 1.44 bits per heavy atom.